The highest BCUT2D eigenvalue weighted by molar-refractivity contribution is 6.01. The van der Waals surface area contributed by atoms with Gasteiger partial charge < -0.3 is 9.80 Å². The predicted octanol–water partition coefficient (Wildman–Crippen LogP) is 4.11. The molecule has 4 heteroatoms. The van der Waals surface area contributed by atoms with Crippen LogP contribution in [0, 0.1) is 17.8 Å². The van der Waals surface area contributed by atoms with Crippen molar-refractivity contribution in [1.29, 1.82) is 0 Å². The Morgan fingerprint density at radius 3 is 2.36 bits per heavy atom. The molecule has 0 N–H and O–H groups in total. The molecule has 2 aromatic carbocycles. The van der Waals surface area contributed by atoms with Gasteiger partial charge in [0.2, 0.25) is 11.8 Å². The van der Waals surface area contributed by atoms with Crippen LogP contribution < -0.4 is 4.90 Å². The van der Waals surface area contributed by atoms with Crippen molar-refractivity contribution in [1.82, 2.24) is 4.90 Å². The monoisotopic (exact) mass is 376 g/mol. The standard InChI is InChI=1S/C24H28N2O2/c1-18-9-8-14-25(16-18)23(27)21-15-22(21)24(28)26(20-12-6-3-7-13-20)17-19-10-4-2-5-11-19/h2-7,10-13,18,21-22H,8-9,14-17H2,1H3. The summed E-state index contributed by atoms with van der Waals surface area (Å²) >= 11 is 0. The summed E-state index contributed by atoms with van der Waals surface area (Å²) in [4.78, 5) is 30.0. The van der Waals surface area contributed by atoms with Gasteiger partial charge in [0.15, 0.2) is 0 Å². The fourth-order valence-corrected chi connectivity index (χ4v) is 4.24. The molecule has 1 aliphatic heterocycles. The minimum Gasteiger partial charge on any atom is -0.342 e. The number of piperidine rings is 1. The Morgan fingerprint density at radius 2 is 1.68 bits per heavy atom. The molecular weight excluding hydrogens is 348 g/mol. The van der Waals surface area contributed by atoms with E-state index in [1.54, 1.807) is 0 Å². The molecule has 1 aliphatic carbocycles. The third kappa shape index (κ3) is 4.11. The van der Waals surface area contributed by atoms with E-state index in [1.807, 2.05) is 70.5 Å². The molecule has 4 nitrogen and oxygen atoms in total. The zero-order valence-electron chi connectivity index (χ0n) is 16.5. The summed E-state index contributed by atoms with van der Waals surface area (Å²) in [6.45, 7) is 4.41. The zero-order valence-corrected chi connectivity index (χ0v) is 16.5. The first kappa shape index (κ1) is 18.7. The van der Waals surface area contributed by atoms with E-state index in [2.05, 4.69) is 6.92 Å². The van der Waals surface area contributed by atoms with E-state index in [0.717, 1.165) is 30.8 Å². The number of hydrogen-bond acceptors (Lipinski definition) is 2. The third-order valence-electron chi connectivity index (χ3n) is 5.91. The van der Waals surface area contributed by atoms with Gasteiger partial charge in [-0.05, 0) is 42.9 Å². The van der Waals surface area contributed by atoms with Gasteiger partial charge in [-0.3, -0.25) is 9.59 Å². The van der Waals surface area contributed by atoms with Crippen molar-refractivity contribution in [3.8, 4) is 0 Å². The Morgan fingerprint density at radius 1 is 1.00 bits per heavy atom. The third-order valence-corrected chi connectivity index (χ3v) is 5.91. The maximum Gasteiger partial charge on any atom is 0.231 e. The van der Waals surface area contributed by atoms with E-state index in [1.165, 1.54) is 6.42 Å². The fourth-order valence-electron chi connectivity index (χ4n) is 4.24. The maximum atomic E-state index is 13.3. The van der Waals surface area contributed by atoms with Gasteiger partial charge in [-0.15, -0.1) is 0 Å². The number of rotatable bonds is 5. The van der Waals surface area contributed by atoms with Crippen LogP contribution in [0.25, 0.3) is 0 Å². The highest BCUT2D eigenvalue weighted by Gasteiger charge is 2.51. The van der Waals surface area contributed by atoms with Crippen LogP contribution in [0.4, 0.5) is 5.69 Å². The number of anilines is 1. The second kappa shape index (κ2) is 8.17. The van der Waals surface area contributed by atoms with Gasteiger partial charge in [0.05, 0.1) is 18.4 Å². The van der Waals surface area contributed by atoms with E-state index in [4.69, 9.17) is 0 Å². The second-order valence-corrected chi connectivity index (χ2v) is 8.23. The summed E-state index contributed by atoms with van der Waals surface area (Å²) in [6, 6.07) is 19.8. The lowest BCUT2D eigenvalue weighted by Gasteiger charge is -2.31. The van der Waals surface area contributed by atoms with Crippen LogP contribution in [0.15, 0.2) is 60.7 Å². The second-order valence-electron chi connectivity index (χ2n) is 8.23. The number of para-hydroxylation sites is 1. The summed E-state index contributed by atoms with van der Waals surface area (Å²) in [5.74, 6) is 0.481. The molecule has 0 spiro atoms. The topological polar surface area (TPSA) is 40.6 Å². The van der Waals surface area contributed by atoms with Gasteiger partial charge in [-0.1, -0.05) is 55.5 Å². The average Bonchev–Trinajstić information content (AvgIpc) is 3.53. The van der Waals surface area contributed by atoms with Crippen LogP contribution in [0.2, 0.25) is 0 Å². The van der Waals surface area contributed by atoms with Gasteiger partial charge in [-0.25, -0.2) is 0 Å². The molecule has 3 unspecified atom stereocenters. The molecule has 2 fully saturated rings. The smallest absolute Gasteiger partial charge is 0.231 e. The Balaban J connectivity index is 1.48. The van der Waals surface area contributed by atoms with Crippen molar-refractivity contribution in [2.75, 3.05) is 18.0 Å². The Kier molecular flexibility index (Phi) is 5.47. The zero-order chi connectivity index (χ0) is 19.5. The first-order chi connectivity index (χ1) is 13.6. The quantitative estimate of drug-likeness (QED) is 0.788. The van der Waals surface area contributed by atoms with Crippen molar-refractivity contribution in [3.05, 3.63) is 66.2 Å². The largest absolute Gasteiger partial charge is 0.342 e. The molecule has 2 aromatic rings. The Labute approximate surface area is 167 Å². The predicted molar refractivity (Wildman–Crippen MR) is 111 cm³/mol. The molecule has 0 radical (unpaired) electrons. The number of amides is 2. The van der Waals surface area contributed by atoms with E-state index in [0.29, 0.717) is 18.9 Å². The van der Waals surface area contributed by atoms with Crippen molar-refractivity contribution in [2.24, 2.45) is 17.8 Å². The molecule has 0 aromatic heterocycles. The minimum atomic E-state index is -0.186. The number of likely N-dealkylation sites (tertiary alicyclic amines) is 1. The van der Waals surface area contributed by atoms with Crippen LogP contribution in [0.5, 0.6) is 0 Å². The highest BCUT2D eigenvalue weighted by atomic mass is 16.2. The molecular formula is C24H28N2O2. The molecule has 2 aliphatic rings. The first-order valence-corrected chi connectivity index (χ1v) is 10.3. The maximum absolute atomic E-state index is 13.3. The molecule has 4 rings (SSSR count). The first-order valence-electron chi connectivity index (χ1n) is 10.3. The van der Waals surface area contributed by atoms with Gasteiger partial charge in [0.25, 0.3) is 0 Å². The van der Waals surface area contributed by atoms with Crippen LogP contribution >= 0.6 is 0 Å². The van der Waals surface area contributed by atoms with E-state index >= 15 is 0 Å². The van der Waals surface area contributed by atoms with Crippen LogP contribution in [-0.4, -0.2) is 29.8 Å². The lowest BCUT2D eigenvalue weighted by Crippen LogP contribution is -2.41. The SMILES string of the molecule is CC1CCCN(C(=O)C2CC2C(=O)N(Cc2ccccc2)c2ccccc2)C1. The van der Waals surface area contributed by atoms with E-state index in [-0.39, 0.29) is 23.7 Å². The van der Waals surface area contributed by atoms with Gasteiger partial charge in [0, 0.05) is 18.8 Å². The van der Waals surface area contributed by atoms with Crippen molar-refractivity contribution >= 4 is 17.5 Å². The normalized spacial score (nSPS) is 23.9. The molecule has 28 heavy (non-hydrogen) atoms. The summed E-state index contributed by atoms with van der Waals surface area (Å²) in [7, 11) is 0. The summed E-state index contributed by atoms with van der Waals surface area (Å²) < 4.78 is 0. The fraction of sp³-hybridized carbons (Fsp3) is 0.417. The van der Waals surface area contributed by atoms with Crippen LogP contribution in [-0.2, 0) is 16.1 Å². The van der Waals surface area contributed by atoms with Crippen molar-refractivity contribution in [3.63, 3.8) is 0 Å². The summed E-state index contributed by atoms with van der Waals surface area (Å²) in [5.41, 5.74) is 1.98. The Hall–Kier alpha value is -2.62. The number of carbonyl (C=O) groups excluding carboxylic acids is 2. The van der Waals surface area contributed by atoms with Gasteiger partial charge in [0.1, 0.15) is 0 Å². The van der Waals surface area contributed by atoms with Crippen molar-refractivity contribution in [2.45, 2.75) is 32.7 Å². The van der Waals surface area contributed by atoms with E-state index < -0.39 is 0 Å². The number of hydrogen-bond donors (Lipinski definition) is 0. The molecule has 146 valence electrons. The molecule has 0 bridgehead atoms. The molecule has 2 amide bonds. The highest BCUT2D eigenvalue weighted by Crippen LogP contribution is 2.43. The average molecular weight is 377 g/mol. The van der Waals surface area contributed by atoms with E-state index in [9.17, 15) is 9.59 Å². The van der Waals surface area contributed by atoms with Crippen molar-refractivity contribution < 1.29 is 9.59 Å². The molecule has 1 saturated heterocycles. The lowest BCUT2D eigenvalue weighted by molar-refractivity contribution is -0.135. The minimum absolute atomic E-state index is 0.0680. The number of nitrogens with zero attached hydrogens (tertiary/aromatic N) is 2. The van der Waals surface area contributed by atoms with Crippen LogP contribution in [0.1, 0.15) is 31.7 Å². The summed E-state index contributed by atoms with van der Waals surface area (Å²) in [5, 5.41) is 0. The number of benzene rings is 2. The Bertz CT molecular complexity index is 821. The molecule has 1 heterocycles. The summed E-state index contributed by atoms with van der Waals surface area (Å²) in [6.07, 6.45) is 2.94. The number of carbonyl (C=O) groups is 2. The molecule has 1 saturated carbocycles. The lowest BCUT2D eigenvalue weighted by atomic mass is 10.00. The molecule has 3 atom stereocenters. The van der Waals surface area contributed by atoms with Gasteiger partial charge >= 0.3 is 0 Å². The van der Waals surface area contributed by atoms with Gasteiger partial charge in [-0.2, -0.15) is 0 Å². The van der Waals surface area contributed by atoms with Crippen LogP contribution in [0.3, 0.4) is 0 Å².